The highest BCUT2D eigenvalue weighted by Gasteiger charge is 2.49. The Labute approximate surface area is 167 Å². The lowest BCUT2D eigenvalue weighted by Gasteiger charge is -2.10. The number of hydrogen-bond donors (Lipinski definition) is 0. The van der Waals surface area contributed by atoms with E-state index in [9.17, 15) is 30.4 Å². The standard InChI is InChI=1S/C18H15F5O4S2/c1-2-3-4-9-26-12-7-5-10-11-6-8-13(27-29(24,25)18(21,22)23)15(20)17(11)28-16(10)14(12)19/h5-8H,2-4,9H2,1H3. The van der Waals surface area contributed by atoms with Crippen molar-refractivity contribution in [3.63, 3.8) is 0 Å². The minimum atomic E-state index is -6.03. The summed E-state index contributed by atoms with van der Waals surface area (Å²) in [5, 5.41) is 0.545. The summed E-state index contributed by atoms with van der Waals surface area (Å²) in [7, 11) is -6.03. The molecule has 0 saturated heterocycles. The third kappa shape index (κ3) is 4.11. The van der Waals surface area contributed by atoms with Crippen LogP contribution in [0.4, 0.5) is 22.0 Å². The van der Waals surface area contributed by atoms with Gasteiger partial charge in [-0.3, -0.25) is 0 Å². The molecule has 0 N–H and O–H groups in total. The molecule has 0 unspecified atom stereocenters. The van der Waals surface area contributed by atoms with Crippen molar-refractivity contribution in [2.24, 2.45) is 0 Å². The van der Waals surface area contributed by atoms with Crippen LogP contribution < -0.4 is 8.92 Å². The maximum atomic E-state index is 14.8. The molecule has 3 aromatic rings. The highest BCUT2D eigenvalue weighted by Crippen LogP contribution is 2.42. The van der Waals surface area contributed by atoms with Crippen molar-refractivity contribution in [1.82, 2.24) is 0 Å². The molecule has 1 aromatic heterocycles. The predicted octanol–water partition coefficient (Wildman–Crippen LogP) is 6.13. The van der Waals surface area contributed by atoms with Crippen LogP contribution in [0.3, 0.4) is 0 Å². The molecule has 0 fully saturated rings. The third-order valence-corrected chi connectivity index (χ3v) is 6.28. The fourth-order valence-corrected chi connectivity index (χ4v) is 4.30. The second-order valence-corrected chi connectivity index (χ2v) is 8.71. The first-order valence-corrected chi connectivity index (χ1v) is 10.8. The molecule has 3 rings (SSSR count). The van der Waals surface area contributed by atoms with Gasteiger partial charge in [0.1, 0.15) is 0 Å². The fourth-order valence-electron chi connectivity index (χ4n) is 2.68. The summed E-state index contributed by atoms with van der Waals surface area (Å²) in [6.07, 6.45) is 2.62. The quantitative estimate of drug-likeness (QED) is 0.187. The molecule has 0 atom stereocenters. The molecule has 0 spiro atoms. The number of rotatable bonds is 7. The number of hydrogen-bond acceptors (Lipinski definition) is 5. The number of unbranched alkanes of at least 4 members (excludes halogenated alkanes) is 2. The highest BCUT2D eigenvalue weighted by molar-refractivity contribution is 7.88. The molecule has 1 heterocycles. The first kappa shape index (κ1) is 21.6. The first-order valence-electron chi connectivity index (χ1n) is 8.53. The van der Waals surface area contributed by atoms with Gasteiger partial charge >= 0.3 is 15.6 Å². The van der Waals surface area contributed by atoms with Crippen molar-refractivity contribution in [2.45, 2.75) is 31.7 Å². The van der Waals surface area contributed by atoms with Crippen molar-refractivity contribution in [3.8, 4) is 11.5 Å². The van der Waals surface area contributed by atoms with E-state index in [0.717, 1.165) is 25.3 Å². The van der Waals surface area contributed by atoms with Gasteiger partial charge in [0.05, 0.1) is 16.0 Å². The molecule has 0 radical (unpaired) electrons. The van der Waals surface area contributed by atoms with E-state index in [0.29, 0.717) is 23.3 Å². The largest absolute Gasteiger partial charge is 0.534 e. The zero-order chi connectivity index (χ0) is 21.4. The SMILES string of the molecule is CCCCCOc1ccc2c(sc3c(F)c(OS(=O)(=O)C(F)(F)F)ccc32)c1F. The molecule has 0 bridgehead atoms. The summed E-state index contributed by atoms with van der Waals surface area (Å²) in [5.74, 6) is -3.17. The Bertz CT molecular complexity index is 1150. The van der Waals surface area contributed by atoms with Gasteiger partial charge < -0.3 is 8.92 Å². The summed E-state index contributed by atoms with van der Waals surface area (Å²) in [5.41, 5.74) is -5.70. The van der Waals surface area contributed by atoms with Crippen LogP contribution in [0.25, 0.3) is 20.2 Å². The average molecular weight is 454 g/mol. The van der Waals surface area contributed by atoms with Gasteiger partial charge in [0, 0.05) is 10.8 Å². The molecule has 0 saturated carbocycles. The van der Waals surface area contributed by atoms with Gasteiger partial charge in [-0.15, -0.1) is 11.3 Å². The number of benzene rings is 2. The maximum absolute atomic E-state index is 14.8. The van der Waals surface area contributed by atoms with Gasteiger partial charge in [-0.1, -0.05) is 19.8 Å². The molecule has 29 heavy (non-hydrogen) atoms. The molecular weight excluding hydrogens is 439 g/mol. The summed E-state index contributed by atoms with van der Waals surface area (Å²) in [6, 6.07) is 4.85. The van der Waals surface area contributed by atoms with Gasteiger partial charge in [0.2, 0.25) is 0 Å². The van der Waals surface area contributed by atoms with E-state index in [1.807, 2.05) is 6.92 Å². The lowest BCUT2D eigenvalue weighted by Crippen LogP contribution is -2.28. The molecule has 0 aliphatic rings. The lowest BCUT2D eigenvalue weighted by atomic mass is 10.1. The van der Waals surface area contributed by atoms with Crippen molar-refractivity contribution >= 4 is 41.6 Å². The van der Waals surface area contributed by atoms with E-state index in [-0.39, 0.29) is 20.5 Å². The van der Waals surface area contributed by atoms with E-state index in [4.69, 9.17) is 4.74 Å². The van der Waals surface area contributed by atoms with Crippen molar-refractivity contribution < 1.29 is 39.3 Å². The van der Waals surface area contributed by atoms with Gasteiger partial charge in [-0.25, -0.2) is 8.78 Å². The van der Waals surface area contributed by atoms with Gasteiger partial charge in [0.25, 0.3) is 0 Å². The Morgan fingerprint density at radius 1 is 0.931 bits per heavy atom. The Kier molecular flexibility index (Phi) is 5.91. The summed E-state index contributed by atoms with van der Waals surface area (Å²) >= 11 is 0.634. The number of fused-ring (bicyclic) bond motifs is 3. The molecule has 0 aliphatic heterocycles. The minimum absolute atomic E-state index is 0.0170. The third-order valence-electron chi connectivity index (χ3n) is 4.11. The van der Waals surface area contributed by atoms with Crippen LogP contribution in [0.5, 0.6) is 11.5 Å². The number of thiophene rings is 1. The Morgan fingerprint density at radius 3 is 2.03 bits per heavy atom. The van der Waals surface area contributed by atoms with E-state index in [2.05, 4.69) is 4.18 Å². The topological polar surface area (TPSA) is 52.6 Å². The molecule has 0 amide bonds. The normalized spacial score (nSPS) is 12.6. The van der Waals surface area contributed by atoms with Crippen LogP contribution in [0.2, 0.25) is 0 Å². The molecule has 2 aromatic carbocycles. The summed E-state index contributed by atoms with van der Waals surface area (Å²) in [6.45, 7) is 2.32. The monoisotopic (exact) mass is 454 g/mol. The predicted molar refractivity (Wildman–Crippen MR) is 99.9 cm³/mol. The Morgan fingerprint density at radius 2 is 1.48 bits per heavy atom. The molecule has 158 valence electrons. The van der Waals surface area contributed by atoms with Gasteiger partial charge in [0.15, 0.2) is 23.1 Å². The van der Waals surface area contributed by atoms with E-state index < -0.39 is 33.0 Å². The van der Waals surface area contributed by atoms with Crippen LogP contribution in [0.15, 0.2) is 24.3 Å². The smallest absolute Gasteiger partial charge is 0.490 e. The van der Waals surface area contributed by atoms with Crippen molar-refractivity contribution in [1.29, 1.82) is 0 Å². The van der Waals surface area contributed by atoms with Crippen LogP contribution in [0, 0.1) is 11.6 Å². The van der Waals surface area contributed by atoms with Gasteiger partial charge in [-0.2, -0.15) is 21.6 Å². The van der Waals surface area contributed by atoms with Crippen LogP contribution in [-0.2, 0) is 10.1 Å². The molecule has 0 aliphatic carbocycles. The Hall–Kier alpha value is -2.14. The minimum Gasteiger partial charge on any atom is -0.490 e. The summed E-state index contributed by atoms with van der Waals surface area (Å²) < 4.78 is 98.3. The molecule has 11 heteroatoms. The fraction of sp³-hybridized carbons (Fsp3) is 0.333. The van der Waals surface area contributed by atoms with Gasteiger partial charge in [-0.05, 0) is 30.7 Å². The Balaban J connectivity index is 2.02. The van der Waals surface area contributed by atoms with E-state index >= 15 is 0 Å². The summed E-state index contributed by atoms with van der Waals surface area (Å²) in [4.78, 5) is 0. The van der Waals surface area contributed by atoms with Crippen molar-refractivity contribution in [2.75, 3.05) is 6.61 Å². The maximum Gasteiger partial charge on any atom is 0.534 e. The van der Waals surface area contributed by atoms with Crippen LogP contribution >= 0.6 is 11.3 Å². The zero-order valence-corrected chi connectivity index (χ0v) is 16.6. The zero-order valence-electron chi connectivity index (χ0n) is 15.0. The van der Waals surface area contributed by atoms with E-state index in [1.54, 1.807) is 0 Å². The number of alkyl halides is 3. The highest BCUT2D eigenvalue weighted by atomic mass is 32.2. The lowest BCUT2D eigenvalue weighted by molar-refractivity contribution is -0.0500. The second-order valence-electron chi connectivity index (χ2n) is 6.15. The van der Waals surface area contributed by atoms with Crippen LogP contribution in [-0.4, -0.2) is 20.5 Å². The van der Waals surface area contributed by atoms with Crippen molar-refractivity contribution in [3.05, 3.63) is 35.9 Å². The second kappa shape index (κ2) is 7.94. The van der Waals surface area contributed by atoms with E-state index in [1.165, 1.54) is 18.2 Å². The molecular formula is C18H15F5O4S2. The average Bonchev–Trinajstić information content (AvgIpc) is 3.02. The number of halogens is 5. The molecule has 4 nitrogen and oxygen atoms in total. The van der Waals surface area contributed by atoms with Crippen LogP contribution in [0.1, 0.15) is 26.2 Å². The first-order chi connectivity index (χ1) is 13.6. The number of ether oxygens (including phenoxy) is 1.